The van der Waals surface area contributed by atoms with Crippen LogP contribution in [0.15, 0.2) is 64.0 Å². The lowest BCUT2D eigenvalue weighted by Gasteiger charge is -2.18. The zero-order valence-electron chi connectivity index (χ0n) is 17.5. The average molecular weight is 414 g/mol. The van der Waals surface area contributed by atoms with Crippen molar-refractivity contribution >= 4 is 28.4 Å². The molecule has 6 nitrogen and oxygen atoms in total. The molecule has 31 heavy (non-hydrogen) atoms. The summed E-state index contributed by atoms with van der Waals surface area (Å²) in [5.74, 6) is -0.412. The molecule has 0 fully saturated rings. The van der Waals surface area contributed by atoms with E-state index in [-0.39, 0.29) is 17.8 Å². The fraction of sp³-hybridized carbons (Fsp3) is 0.160. The molecule has 2 aliphatic rings. The molecule has 4 rings (SSSR count). The first-order valence-corrected chi connectivity index (χ1v) is 9.88. The van der Waals surface area contributed by atoms with Gasteiger partial charge in [-0.3, -0.25) is 9.79 Å². The van der Waals surface area contributed by atoms with Gasteiger partial charge in [0, 0.05) is 54.8 Å². The molecule has 2 aromatic rings. The van der Waals surface area contributed by atoms with Gasteiger partial charge in [-0.2, -0.15) is 0 Å². The minimum Gasteiger partial charge on any atom is -0.478 e. The monoisotopic (exact) mass is 414 g/mol. The minimum atomic E-state index is -1.03. The van der Waals surface area contributed by atoms with Crippen LogP contribution >= 0.6 is 0 Å². The number of carbonyl (C=O) groups excluding carboxylic acids is 1. The summed E-state index contributed by atoms with van der Waals surface area (Å²) in [7, 11) is 3.53. The molecule has 0 saturated carbocycles. The highest BCUT2D eigenvalue weighted by Gasteiger charge is 2.22. The number of nitrogens with zero attached hydrogens (tertiary/aromatic N) is 1. The summed E-state index contributed by atoms with van der Waals surface area (Å²) in [5.41, 5.74) is 4.52. The normalized spacial score (nSPS) is 11.8. The molecule has 0 aromatic heterocycles. The van der Waals surface area contributed by atoms with Gasteiger partial charge in [-0.05, 0) is 54.4 Å². The van der Waals surface area contributed by atoms with Crippen LogP contribution in [0.4, 0.5) is 5.69 Å². The van der Waals surface area contributed by atoms with Crippen molar-refractivity contribution in [3.8, 4) is 22.5 Å². The number of rotatable bonds is 5. The summed E-state index contributed by atoms with van der Waals surface area (Å²) in [6.45, 7) is 1.52. The van der Waals surface area contributed by atoms with Crippen LogP contribution in [-0.4, -0.2) is 31.0 Å². The number of benzene rings is 3. The van der Waals surface area contributed by atoms with Crippen LogP contribution in [0, 0.1) is 0 Å². The van der Waals surface area contributed by atoms with Gasteiger partial charge in [0.1, 0.15) is 17.1 Å². The fourth-order valence-corrected chi connectivity index (χ4v) is 3.85. The SMILES string of the molecule is C/N=c1\ccc2c(-c3cc(CC(C)=O)ccc3C(=O)O)c3ccc(NC)cc3oc-2c1. The van der Waals surface area contributed by atoms with Crippen molar-refractivity contribution in [3.05, 3.63) is 71.1 Å². The van der Waals surface area contributed by atoms with Gasteiger partial charge in [-0.1, -0.05) is 6.07 Å². The second kappa shape index (κ2) is 8.07. The average Bonchev–Trinajstić information content (AvgIpc) is 2.75. The zero-order chi connectivity index (χ0) is 22.1. The first-order valence-electron chi connectivity index (χ1n) is 9.88. The molecule has 2 aromatic carbocycles. The zero-order valence-corrected chi connectivity index (χ0v) is 17.5. The summed E-state index contributed by atoms with van der Waals surface area (Å²) in [6, 6.07) is 16.4. The Morgan fingerprint density at radius 2 is 1.84 bits per heavy atom. The molecule has 0 saturated heterocycles. The number of hydrogen-bond donors (Lipinski definition) is 2. The van der Waals surface area contributed by atoms with E-state index in [9.17, 15) is 14.7 Å². The number of carboxylic acid groups (broad SMARTS) is 1. The van der Waals surface area contributed by atoms with Crippen LogP contribution < -0.4 is 10.7 Å². The highest BCUT2D eigenvalue weighted by atomic mass is 16.4. The van der Waals surface area contributed by atoms with Gasteiger partial charge < -0.3 is 14.8 Å². The van der Waals surface area contributed by atoms with E-state index in [2.05, 4.69) is 10.3 Å². The predicted molar refractivity (Wildman–Crippen MR) is 121 cm³/mol. The topological polar surface area (TPSA) is 91.9 Å². The van der Waals surface area contributed by atoms with E-state index in [4.69, 9.17) is 4.42 Å². The molecular formula is C25H22N2O4. The smallest absolute Gasteiger partial charge is 0.336 e. The quantitative estimate of drug-likeness (QED) is 0.466. The molecule has 156 valence electrons. The Morgan fingerprint density at radius 1 is 1.03 bits per heavy atom. The molecular weight excluding hydrogens is 392 g/mol. The molecule has 0 spiro atoms. The van der Waals surface area contributed by atoms with E-state index in [1.165, 1.54) is 6.92 Å². The maximum atomic E-state index is 12.1. The Balaban J connectivity index is 2.15. The Labute approximate surface area is 179 Å². The Morgan fingerprint density at radius 3 is 2.52 bits per heavy atom. The summed E-state index contributed by atoms with van der Waals surface area (Å²) < 4.78 is 6.19. The highest BCUT2D eigenvalue weighted by molar-refractivity contribution is 6.08. The number of ketones is 1. The van der Waals surface area contributed by atoms with Crippen molar-refractivity contribution in [2.45, 2.75) is 13.3 Å². The number of carbonyl (C=O) groups is 2. The van der Waals surface area contributed by atoms with Gasteiger partial charge in [0.15, 0.2) is 0 Å². The lowest BCUT2D eigenvalue weighted by Crippen LogP contribution is -2.06. The lowest BCUT2D eigenvalue weighted by molar-refractivity contribution is -0.116. The molecule has 0 atom stereocenters. The number of carboxylic acids is 1. The molecule has 1 heterocycles. The second-order valence-corrected chi connectivity index (χ2v) is 7.41. The maximum Gasteiger partial charge on any atom is 0.336 e. The summed E-state index contributed by atoms with van der Waals surface area (Å²) in [6.07, 6.45) is 0.239. The molecule has 0 radical (unpaired) electrons. The van der Waals surface area contributed by atoms with Crippen LogP contribution in [0.5, 0.6) is 0 Å². The van der Waals surface area contributed by atoms with Crippen molar-refractivity contribution < 1.29 is 19.1 Å². The number of nitrogens with one attached hydrogen (secondary N) is 1. The van der Waals surface area contributed by atoms with Gasteiger partial charge in [0.2, 0.25) is 0 Å². The summed E-state index contributed by atoms with van der Waals surface area (Å²) >= 11 is 0. The van der Waals surface area contributed by atoms with Gasteiger partial charge in [0.05, 0.1) is 10.9 Å². The largest absolute Gasteiger partial charge is 0.478 e. The molecule has 0 bridgehead atoms. The van der Waals surface area contributed by atoms with E-state index in [1.807, 2.05) is 43.4 Å². The molecule has 1 aliphatic carbocycles. The third-order valence-corrected chi connectivity index (χ3v) is 5.29. The number of aromatic carboxylic acids is 1. The third-order valence-electron chi connectivity index (χ3n) is 5.29. The minimum absolute atomic E-state index is 0.0136. The Bertz CT molecular complexity index is 1370. The van der Waals surface area contributed by atoms with Crippen LogP contribution in [0.1, 0.15) is 22.8 Å². The van der Waals surface area contributed by atoms with E-state index < -0.39 is 5.97 Å². The number of hydrogen-bond acceptors (Lipinski definition) is 5. The standard InChI is InChI=1S/C25H22N2O4/c1-14(28)10-15-4-7-18(25(29)30)21(11-15)24-19-8-5-16(26-2)12-22(19)31-23-13-17(27-3)6-9-20(23)24/h4-9,11-13,26H,10H2,1-3H3,(H,29,30)/b27-17+. The van der Waals surface area contributed by atoms with Crippen molar-refractivity contribution in [3.63, 3.8) is 0 Å². The van der Waals surface area contributed by atoms with Gasteiger partial charge in [-0.15, -0.1) is 0 Å². The van der Waals surface area contributed by atoms with Crippen LogP contribution in [-0.2, 0) is 11.2 Å². The Hall–Kier alpha value is -3.93. The van der Waals surface area contributed by atoms with Crippen molar-refractivity contribution in [2.24, 2.45) is 4.99 Å². The lowest BCUT2D eigenvalue weighted by atomic mass is 9.89. The van der Waals surface area contributed by atoms with Gasteiger partial charge in [0.25, 0.3) is 0 Å². The summed E-state index contributed by atoms with van der Waals surface area (Å²) in [4.78, 5) is 28.0. The van der Waals surface area contributed by atoms with E-state index in [1.54, 1.807) is 25.2 Å². The third kappa shape index (κ3) is 3.80. The molecule has 6 heteroatoms. The maximum absolute atomic E-state index is 12.1. The molecule has 2 N–H and O–H groups in total. The Kier molecular flexibility index (Phi) is 5.29. The van der Waals surface area contributed by atoms with Gasteiger partial charge >= 0.3 is 5.97 Å². The number of Topliss-reactive ketones (excluding diaryl/α,β-unsaturated/α-hetero) is 1. The van der Waals surface area contributed by atoms with Crippen molar-refractivity contribution in [2.75, 3.05) is 19.4 Å². The number of anilines is 1. The highest BCUT2D eigenvalue weighted by Crippen LogP contribution is 2.42. The second-order valence-electron chi connectivity index (χ2n) is 7.41. The van der Waals surface area contributed by atoms with Crippen LogP contribution in [0.25, 0.3) is 33.4 Å². The van der Waals surface area contributed by atoms with E-state index in [0.717, 1.165) is 33.1 Å². The van der Waals surface area contributed by atoms with Crippen molar-refractivity contribution in [1.82, 2.24) is 0 Å². The molecule has 1 aliphatic heterocycles. The predicted octanol–water partition coefficient (Wildman–Crippen LogP) is 4.61. The first-order chi connectivity index (χ1) is 14.9. The fourth-order valence-electron chi connectivity index (χ4n) is 3.85. The number of fused-ring (bicyclic) bond motifs is 2. The van der Waals surface area contributed by atoms with Crippen LogP contribution in [0.3, 0.4) is 0 Å². The van der Waals surface area contributed by atoms with E-state index in [0.29, 0.717) is 16.9 Å². The van der Waals surface area contributed by atoms with Crippen LogP contribution in [0.2, 0.25) is 0 Å². The first kappa shape index (κ1) is 20.3. The molecule has 0 amide bonds. The molecule has 0 unspecified atom stereocenters. The summed E-state index contributed by atoms with van der Waals surface area (Å²) in [5, 5.41) is 14.5. The van der Waals surface area contributed by atoms with Gasteiger partial charge in [-0.25, -0.2) is 4.79 Å². The van der Waals surface area contributed by atoms with Crippen molar-refractivity contribution in [1.29, 1.82) is 0 Å². The van der Waals surface area contributed by atoms with E-state index >= 15 is 0 Å².